The predicted octanol–water partition coefficient (Wildman–Crippen LogP) is 0.925. The first-order valence-electron chi connectivity index (χ1n) is 2.84. The molecular formula is C6H8ClNO2. The highest BCUT2D eigenvalue weighted by Gasteiger charge is 2.06. The molecule has 1 atom stereocenters. The van der Waals surface area contributed by atoms with Gasteiger partial charge in [-0.25, -0.2) is 0 Å². The fraction of sp³-hybridized carbons (Fsp3) is 0.333. The Morgan fingerprint density at radius 3 is 2.90 bits per heavy atom. The standard InChI is InChI=1S/C6H8ClNO2/c7-6-1-4(3-10-6)5(8)2-9/h1,3,5,9H,2,8H2/t5-/m1/s1. The summed E-state index contributed by atoms with van der Waals surface area (Å²) < 4.78 is 4.76. The molecule has 4 heteroatoms. The summed E-state index contributed by atoms with van der Waals surface area (Å²) in [7, 11) is 0. The van der Waals surface area contributed by atoms with Crippen LogP contribution in [-0.4, -0.2) is 11.7 Å². The normalized spacial score (nSPS) is 13.5. The Bertz CT molecular complexity index is 211. The molecule has 0 amide bonds. The van der Waals surface area contributed by atoms with Crippen LogP contribution in [0.3, 0.4) is 0 Å². The minimum atomic E-state index is -0.392. The molecule has 0 aliphatic heterocycles. The second-order valence-corrected chi connectivity index (χ2v) is 2.35. The van der Waals surface area contributed by atoms with Crippen LogP contribution < -0.4 is 5.73 Å². The van der Waals surface area contributed by atoms with E-state index in [0.29, 0.717) is 10.8 Å². The fourth-order valence-electron chi connectivity index (χ4n) is 0.623. The van der Waals surface area contributed by atoms with Crippen molar-refractivity contribution >= 4 is 11.6 Å². The largest absolute Gasteiger partial charge is 0.453 e. The van der Waals surface area contributed by atoms with Crippen molar-refractivity contribution in [1.82, 2.24) is 0 Å². The Labute approximate surface area is 63.4 Å². The summed E-state index contributed by atoms with van der Waals surface area (Å²) in [6, 6.07) is 1.19. The minimum absolute atomic E-state index is 0.101. The number of furan rings is 1. The maximum Gasteiger partial charge on any atom is 0.193 e. The van der Waals surface area contributed by atoms with Crippen LogP contribution in [0.25, 0.3) is 0 Å². The smallest absolute Gasteiger partial charge is 0.193 e. The lowest BCUT2D eigenvalue weighted by Crippen LogP contribution is -2.13. The molecule has 3 nitrogen and oxygen atoms in total. The highest BCUT2D eigenvalue weighted by molar-refractivity contribution is 6.28. The molecule has 10 heavy (non-hydrogen) atoms. The third-order valence-electron chi connectivity index (χ3n) is 1.21. The highest BCUT2D eigenvalue weighted by Crippen LogP contribution is 2.17. The summed E-state index contributed by atoms with van der Waals surface area (Å²) >= 11 is 5.46. The van der Waals surface area contributed by atoms with Crippen LogP contribution in [0, 0.1) is 0 Å². The third kappa shape index (κ3) is 1.50. The van der Waals surface area contributed by atoms with Crippen LogP contribution in [0.5, 0.6) is 0 Å². The Balaban J connectivity index is 2.74. The predicted molar refractivity (Wildman–Crippen MR) is 37.7 cm³/mol. The van der Waals surface area contributed by atoms with Gasteiger partial charge < -0.3 is 15.3 Å². The molecule has 0 radical (unpaired) electrons. The molecule has 0 fully saturated rings. The average Bonchev–Trinajstić information content (AvgIpc) is 2.34. The summed E-state index contributed by atoms with van der Waals surface area (Å²) in [6.45, 7) is -0.101. The Morgan fingerprint density at radius 1 is 1.80 bits per heavy atom. The Kier molecular flexibility index (Phi) is 2.32. The van der Waals surface area contributed by atoms with Crippen LogP contribution >= 0.6 is 11.6 Å². The number of halogens is 1. The first-order chi connectivity index (χ1) is 4.74. The SMILES string of the molecule is N[C@H](CO)c1coc(Cl)c1. The van der Waals surface area contributed by atoms with E-state index in [2.05, 4.69) is 0 Å². The lowest BCUT2D eigenvalue weighted by atomic mass is 10.2. The van der Waals surface area contributed by atoms with Gasteiger partial charge in [0, 0.05) is 11.6 Å². The zero-order valence-corrected chi connectivity index (χ0v) is 6.01. The molecule has 0 spiro atoms. The summed E-state index contributed by atoms with van der Waals surface area (Å²) in [5, 5.41) is 8.88. The molecule has 0 aromatic carbocycles. The van der Waals surface area contributed by atoms with Gasteiger partial charge >= 0.3 is 0 Å². The first kappa shape index (κ1) is 7.60. The van der Waals surface area contributed by atoms with Crippen molar-refractivity contribution in [1.29, 1.82) is 0 Å². The van der Waals surface area contributed by atoms with Gasteiger partial charge in [0.25, 0.3) is 0 Å². The van der Waals surface area contributed by atoms with E-state index in [-0.39, 0.29) is 6.61 Å². The zero-order valence-electron chi connectivity index (χ0n) is 5.25. The minimum Gasteiger partial charge on any atom is -0.453 e. The molecule has 1 heterocycles. The number of hydrogen-bond acceptors (Lipinski definition) is 3. The lowest BCUT2D eigenvalue weighted by Gasteiger charge is -2.01. The fourth-order valence-corrected chi connectivity index (χ4v) is 0.794. The van der Waals surface area contributed by atoms with E-state index in [4.69, 9.17) is 26.9 Å². The van der Waals surface area contributed by atoms with Crippen LogP contribution in [0.4, 0.5) is 0 Å². The van der Waals surface area contributed by atoms with E-state index >= 15 is 0 Å². The van der Waals surface area contributed by atoms with Gasteiger partial charge in [-0.3, -0.25) is 0 Å². The van der Waals surface area contributed by atoms with Gasteiger partial charge in [-0.1, -0.05) is 0 Å². The molecule has 0 aliphatic rings. The van der Waals surface area contributed by atoms with E-state index in [0.717, 1.165) is 0 Å². The van der Waals surface area contributed by atoms with E-state index in [9.17, 15) is 0 Å². The molecule has 1 aromatic rings. The van der Waals surface area contributed by atoms with Crippen molar-refractivity contribution in [2.75, 3.05) is 6.61 Å². The molecule has 0 bridgehead atoms. The van der Waals surface area contributed by atoms with Crippen LogP contribution in [0.15, 0.2) is 16.7 Å². The topological polar surface area (TPSA) is 59.4 Å². The quantitative estimate of drug-likeness (QED) is 0.678. The van der Waals surface area contributed by atoms with E-state index in [1.165, 1.54) is 6.26 Å². The molecule has 3 N–H and O–H groups in total. The number of hydrogen-bond donors (Lipinski definition) is 2. The van der Waals surface area contributed by atoms with Crippen molar-refractivity contribution in [2.24, 2.45) is 5.73 Å². The van der Waals surface area contributed by atoms with Crippen molar-refractivity contribution in [3.8, 4) is 0 Å². The molecular weight excluding hydrogens is 154 g/mol. The summed E-state index contributed by atoms with van der Waals surface area (Å²) in [4.78, 5) is 0. The summed E-state index contributed by atoms with van der Waals surface area (Å²) in [5.74, 6) is 0. The van der Waals surface area contributed by atoms with Gasteiger partial charge in [0.15, 0.2) is 5.22 Å². The second kappa shape index (κ2) is 3.05. The molecule has 1 aromatic heterocycles. The summed E-state index contributed by atoms with van der Waals surface area (Å²) in [6.07, 6.45) is 1.43. The second-order valence-electron chi connectivity index (χ2n) is 1.97. The van der Waals surface area contributed by atoms with Gasteiger partial charge in [-0.05, 0) is 11.6 Å². The highest BCUT2D eigenvalue weighted by atomic mass is 35.5. The number of rotatable bonds is 2. The molecule has 1 rings (SSSR count). The Morgan fingerprint density at radius 2 is 2.50 bits per heavy atom. The van der Waals surface area contributed by atoms with E-state index in [1.807, 2.05) is 0 Å². The molecule has 0 unspecified atom stereocenters. The lowest BCUT2D eigenvalue weighted by molar-refractivity contribution is 0.267. The molecule has 0 aliphatic carbocycles. The van der Waals surface area contributed by atoms with Crippen LogP contribution in [0.2, 0.25) is 5.22 Å². The van der Waals surface area contributed by atoms with Gasteiger partial charge in [-0.15, -0.1) is 0 Å². The first-order valence-corrected chi connectivity index (χ1v) is 3.22. The number of nitrogens with two attached hydrogens (primary N) is 1. The monoisotopic (exact) mass is 161 g/mol. The number of aliphatic hydroxyl groups is 1. The van der Waals surface area contributed by atoms with Gasteiger partial charge in [0.1, 0.15) is 0 Å². The van der Waals surface area contributed by atoms with Crippen molar-refractivity contribution in [3.63, 3.8) is 0 Å². The average molecular weight is 162 g/mol. The summed E-state index contributed by atoms with van der Waals surface area (Å²) in [5.41, 5.74) is 6.15. The molecule has 56 valence electrons. The third-order valence-corrected chi connectivity index (χ3v) is 1.41. The van der Waals surface area contributed by atoms with Crippen LogP contribution in [-0.2, 0) is 0 Å². The van der Waals surface area contributed by atoms with E-state index < -0.39 is 6.04 Å². The maximum atomic E-state index is 8.59. The zero-order chi connectivity index (χ0) is 7.56. The van der Waals surface area contributed by atoms with Crippen LogP contribution in [0.1, 0.15) is 11.6 Å². The van der Waals surface area contributed by atoms with E-state index in [1.54, 1.807) is 6.07 Å². The van der Waals surface area contributed by atoms with Crippen molar-refractivity contribution < 1.29 is 9.52 Å². The van der Waals surface area contributed by atoms with Gasteiger partial charge in [0.05, 0.1) is 18.9 Å². The van der Waals surface area contributed by atoms with Crippen molar-refractivity contribution in [2.45, 2.75) is 6.04 Å². The molecule has 0 saturated heterocycles. The molecule has 0 saturated carbocycles. The van der Waals surface area contributed by atoms with Gasteiger partial charge in [0.2, 0.25) is 0 Å². The van der Waals surface area contributed by atoms with Gasteiger partial charge in [-0.2, -0.15) is 0 Å². The van der Waals surface area contributed by atoms with Crippen molar-refractivity contribution in [3.05, 3.63) is 23.1 Å². The maximum absolute atomic E-state index is 8.59. The Hall–Kier alpha value is -0.510. The number of aliphatic hydroxyl groups excluding tert-OH is 1.